The first-order valence-electron chi connectivity index (χ1n) is 6.55. The van der Waals surface area contributed by atoms with Gasteiger partial charge in [0.2, 0.25) is 11.7 Å². The van der Waals surface area contributed by atoms with Gasteiger partial charge >= 0.3 is 0 Å². The normalized spacial score (nSPS) is 19.6. The molecular formula is C14H16FN3O. The molecule has 0 radical (unpaired) electrons. The second kappa shape index (κ2) is 5.09. The van der Waals surface area contributed by atoms with E-state index in [0.717, 1.165) is 37.1 Å². The van der Waals surface area contributed by atoms with Crippen LogP contribution in [-0.4, -0.2) is 23.2 Å². The number of piperidine rings is 1. The topological polar surface area (TPSA) is 51.0 Å². The van der Waals surface area contributed by atoms with Gasteiger partial charge in [-0.05, 0) is 50.1 Å². The Morgan fingerprint density at radius 3 is 3.05 bits per heavy atom. The number of nitrogens with zero attached hydrogens (tertiary/aromatic N) is 2. The summed E-state index contributed by atoms with van der Waals surface area (Å²) in [5.74, 6) is 1.25. The van der Waals surface area contributed by atoms with Crippen LogP contribution in [0.25, 0.3) is 11.4 Å². The van der Waals surface area contributed by atoms with Gasteiger partial charge in [-0.1, -0.05) is 5.16 Å². The fourth-order valence-corrected chi connectivity index (χ4v) is 2.45. The summed E-state index contributed by atoms with van der Waals surface area (Å²) in [6.07, 6.45) is 2.19. The molecule has 1 N–H and O–H groups in total. The first kappa shape index (κ1) is 12.3. The van der Waals surface area contributed by atoms with Gasteiger partial charge in [-0.15, -0.1) is 0 Å². The van der Waals surface area contributed by atoms with E-state index < -0.39 is 0 Å². The Bertz CT molecular complexity index is 576. The van der Waals surface area contributed by atoms with Crippen LogP contribution in [0, 0.1) is 12.7 Å². The Morgan fingerprint density at radius 1 is 1.42 bits per heavy atom. The zero-order valence-corrected chi connectivity index (χ0v) is 10.8. The predicted molar refractivity (Wildman–Crippen MR) is 69.3 cm³/mol. The lowest BCUT2D eigenvalue weighted by Crippen LogP contribution is -2.28. The minimum Gasteiger partial charge on any atom is -0.339 e. The summed E-state index contributed by atoms with van der Waals surface area (Å²) < 4.78 is 18.4. The van der Waals surface area contributed by atoms with Crippen molar-refractivity contribution in [2.45, 2.75) is 25.7 Å². The highest BCUT2D eigenvalue weighted by molar-refractivity contribution is 5.59. The van der Waals surface area contributed by atoms with Crippen molar-refractivity contribution in [3.05, 3.63) is 35.5 Å². The standard InChI is InChI=1S/C14H16FN3O/c1-9-7-11(15)4-5-12(9)13-17-14(19-18-13)10-3-2-6-16-8-10/h4-5,7,10,16H,2-3,6,8H2,1H3/t10-/m1/s1. The van der Waals surface area contributed by atoms with Gasteiger partial charge in [0.25, 0.3) is 0 Å². The highest BCUT2D eigenvalue weighted by atomic mass is 19.1. The number of benzene rings is 1. The van der Waals surface area contributed by atoms with Gasteiger partial charge in [-0.25, -0.2) is 4.39 Å². The maximum absolute atomic E-state index is 13.1. The molecule has 100 valence electrons. The Hall–Kier alpha value is -1.75. The monoisotopic (exact) mass is 261 g/mol. The van der Waals surface area contributed by atoms with E-state index in [1.165, 1.54) is 12.1 Å². The molecular weight excluding hydrogens is 245 g/mol. The first-order valence-corrected chi connectivity index (χ1v) is 6.55. The maximum atomic E-state index is 13.1. The van der Waals surface area contributed by atoms with E-state index in [2.05, 4.69) is 15.5 Å². The van der Waals surface area contributed by atoms with E-state index in [1.54, 1.807) is 6.07 Å². The van der Waals surface area contributed by atoms with Gasteiger partial charge in [0, 0.05) is 12.1 Å². The van der Waals surface area contributed by atoms with Crippen LogP contribution in [0.4, 0.5) is 4.39 Å². The van der Waals surface area contributed by atoms with Crippen molar-refractivity contribution in [3.63, 3.8) is 0 Å². The van der Waals surface area contributed by atoms with Gasteiger partial charge in [-0.3, -0.25) is 0 Å². The number of halogens is 1. The lowest BCUT2D eigenvalue weighted by atomic mass is 10.00. The minimum atomic E-state index is -0.249. The molecule has 1 aromatic carbocycles. The highest BCUT2D eigenvalue weighted by Gasteiger charge is 2.22. The van der Waals surface area contributed by atoms with Crippen LogP contribution >= 0.6 is 0 Å². The van der Waals surface area contributed by atoms with Crippen LogP contribution < -0.4 is 5.32 Å². The predicted octanol–water partition coefficient (Wildman–Crippen LogP) is 2.65. The first-order chi connectivity index (χ1) is 9.24. The largest absolute Gasteiger partial charge is 0.339 e. The van der Waals surface area contributed by atoms with Crippen molar-refractivity contribution in [1.82, 2.24) is 15.5 Å². The Morgan fingerprint density at radius 2 is 2.32 bits per heavy atom. The average Bonchev–Trinajstić information content (AvgIpc) is 2.89. The van der Waals surface area contributed by atoms with Gasteiger partial charge < -0.3 is 9.84 Å². The van der Waals surface area contributed by atoms with Gasteiger partial charge in [0.15, 0.2) is 0 Å². The van der Waals surface area contributed by atoms with Crippen molar-refractivity contribution >= 4 is 0 Å². The zero-order chi connectivity index (χ0) is 13.2. The van der Waals surface area contributed by atoms with E-state index in [9.17, 15) is 4.39 Å². The summed E-state index contributed by atoms with van der Waals surface area (Å²) in [6, 6.07) is 4.59. The molecule has 0 bridgehead atoms. The van der Waals surface area contributed by atoms with Crippen LogP contribution in [0.2, 0.25) is 0 Å². The SMILES string of the molecule is Cc1cc(F)ccc1-c1noc([C@@H]2CCCNC2)n1. The molecule has 0 aliphatic carbocycles. The third-order valence-electron chi connectivity index (χ3n) is 3.52. The molecule has 0 saturated carbocycles. The van der Waals surface area contributed by atoms with E-state index in [-0.39, 0.29) is 11.7 Å². The maximum Gasteiger partial charge on any atom is 0.231 e. The van der Waals surface area contributed by atoms with Gasteiger partial charge in [0.05, 0.1) is 5.92 Å². The molecule has 19 heavy (non-hydrogen) atoms. The quantitative estimate of drug-likeness (QED) is 0.903. The van der Waals surface area contributed by atoms with Crippen LogP contribution in [0.15, 0.2) is 22.7 Å². The molecule has 1 atom stereocenters. The lowest BCUT2D eigenvalue weighted by molar-refractivity contribution is 0.322. The molecule has 5 heteroatoms. The number of nitrogens with one attached hydrogen (secondary N) is 1. The summed E-state index contributed by atoms with van der Waals surface area (Å²) in [7, 11) is 0. The fourth-order valence-electron chi connectivity index (χ4n) is 2.45. The molecule has 0 unspecified atom stereocenters. The van der Waals surface area contributed by atoms with Crippen molar-refractivity contribution in [2.24, 2.45) is 0 Å². The van der Waals surface area contributed by atoms with Crippen LogP contribution in [0.5, 0.6) is 0 Å². The van der Waals surface area contributed by atoms with E-state index in [4.69, 9.17) is 4.52 Å². The van der Waals surface area contributed by atoms with Crippen LogP contribution in [0.1, 0.15) is 30.2 Å². The molecule has 3 rings (SSSR count). The molecule has 1 saturated heterocycles. The van der Waals surface area contributed by atoms with Crippen molar-refractivity contribution < 1.29 is 8.91 Å². The average molecular weight is 261 g/mol. The van der Waals surface area contributed by atoms with Crippen molar-refractivity contribution in [3.8, 4) is 11.4 Å². The number of aromatic nitrogens is 2. The number of rotatable bonds is 2. The Kier molecular flexibility index (Phi) is 3.29. The Balaban J connectivity index is 1.87. The molecule has 2 heterocycles. The summed E-state index contributed by atoms with van der Waals surface area (Å²) in [5.41, 5.74) is 1.63. The number of hydrogen-bond donors (Lipinski definition) is 1. The van der Waals surface area contributed by atoms with E-state index >= 15 is 0 Å². The van der Waals surface area contributed by atoms with E-state index in [1.807, 2.05) is 6.92 Å². The fraction of sp³-hybridized carbons (Fsp3) is 0.429. The molecule has 4 nitrogen and oxygen atoms in total. The van der Waals surface area contributed by atoms with Crippen LogP contribution in [0.3, 0.4) is 0 Å². The third kappa shape index (κ3) is 2.51. The second-order valence-electron chi connectivity index (χ2n) is 4.96. The molecule has 1 aliphatic rings. The van der Waals surface area contributed by atoms with Gasteiger partial charge in [-0.2, -0.15) is 4.98 Å². The highest BCUT2D eigenvalue weighted by Crippen LogP contribution is 2.26. The van der Waals surface area contributed by atoms with E-state index in [0.29, 0.717) is 11.7 Å². The summed E-state index contributed by atoms with van der Waals surface area (Å²) in [5, 5.41) is 7.34. The molecule has 0 spiro atoms. The second-order valence-corrected chi connectivity index (χ2v) is 4.96. The molecule has 0 amide bonds. The molecule has 1 aromatic heterocycles. The van der Waals surface area contributed by atoms with Gasteiger partial charge in [0.1, 0.15) is 5.82 Å². The molecule has 1 fully saturated rings. The zero-order valence-electron chi connectivity index (χ0n) is 10.8. The third-order valence-corrected chi connectivity index (χ3v) is 3.52. The molecule has 2 aromatic rings. The summed E-state index contributed by atoms with van der Waals surface area (Å²) in [6.45, 7) is 3.77. The Labute approximate surface area is 111 Å². The van der Waals surface area contributed by atoms with Crippen molar-refractivity contribution in [1.29, 1.82) is 0 Å². The molecule has 1 aliphatic heterocycles. The number of hydrogen-bond acceptors (Lipinski definition) is 4. The smallest absolute Gasteiger partial charge is 0.231 e. The minimum absolute atomic E-state index is 0.249. The summed E-state index contributed by atoms with van der Waals surface area (Å²) >= 11 is 0. The number of aryl methyl sites for hydroxylation is 1. The summed E-state index contributed by atoms with van der Waals surface area (Å²) in [4.78, 5) is 4.45. The lowest BCUT2D eigenvalue weighted by Gasteiger charge is -2.18. The van der Waals surface area contributed by atoms with Crippen molar-refractivity contribution in [2.75, 3.05) is 13.1 Å². The van der Waals surface area contributed by atoms with Crippen LogP contribution in [-0.2, 0) is 0 Å².